The quantitative estimate of drug-likeness (QED) is 0.689. The van der Waals surface area contributed by atoms with Crippen LogP contribution in [0.3, 0.4) is 0 Å². The monoisotopic (exact) mass is 452 g/mol. The number of sulfonamides is 1. The maximum atomic E-state index is 12.5. The molecule has 0 aliphatic rings. The third-order valence-corrected chi connectivity index (χ3v) is 6.39. The van der Waals surface area contributed by atoms with Crippen molar-refractivity contribution < 1.29 is 8.42 Å². The van der Waals surface area contributed by atoms with Gasteiger partial charge in [0.15, 0.2) is 0 Å². The van der Waals surface area contributed by atoms with Gasteiger partial charge in [-0.05, 0) is 52.1 Å². The Kier molecular flexibility index (Phi) is 5.84. The lowest BCUT2D eigenvalue weighted by molar-refractivity contribution is 0.599. The topological polar surface area (TPSA) is 58.2 Å². The molecule has 0 aliphatic heterocycles. The van der Waals surface area contributed by atoms with Gasteiger partial charge in [-0.1, -0.05) is 22.9 Å². The summed E-state index contributed by atoms with van der Waals surface area (Å²) in [6.07, 6.45) is 0. The Morgan fingerprint density at radius 2 is 2.00 bits per heavy atom. The van der Waals surface area contributed by atoms with Crippen LogP contribution in [0.25, 0.3) is 0 Å². The van der Waals surface area contributed by atoms with Crippen molar-refractivity contribution in [3.63, 3.8) is 0 Å². The molecule has 0 radical (unpaired) electrons. The van der Waals surface area contributed by atoms with Crippen LogP contribution < -0.4 is 10.0 Å². The highest BCUT2D eigenvalue weighted by Gasteiger charge is 2.20. The van der Waals surface area contributed by atoms with Gasteiger partial charge in [-0.25, -0.2) is 8.42 Å². The Hall–Kier alpha value is -0.410. The number of nitrogens with one attached hydrogen (secondary N) is 2. The molecule has 2 N–H and O–H groups in total. The minimum Gasteiger partial charge on any atom is -0.312 e. The van der Waals surface area contributed by atoms with E-state index in [1.54, 1.807) is 23.6 Å². The Morgan fingerprint density at radius 3 is 2.71 bits per heavy atom. The molecule has 0 fully saturated rings. The van der Waals surface area contributed by atoms with Gasteiger partial charge in [-0.2, -0.15) is 0 Å². The predicted octanol–water partition coefficient (Wildman–Crippen LogP) is 4.18. The molecular formula is C13H14Br2N2O2S2. The van der Waals surface area contributed by atoms with Crippen LogP contribution >= 0.6 is 43.2 Å². The molecule has 0 unspecified atom stereocenters. The van der Waals surface area contributed by atoms with E-state index in [1.165, 1.54) is 11.3 Å². The first kappa shape index (κ1) is 17.0. The molecule has 0 bridgehead atoms. The van der Waals surface area contributed by atoms with Crippen LogP contribution in [0, 0.1) is 0 Å². The molecule has 0 spiro atoms. The van der Waals surface area contributed by atoms with Crippen LogP contribution in [-0.2, 0) is 16.6 Å². The highest BCUT2D eigenvalue weighted by molar-refractivity contribution is 9.11. The number of thiophene rings is 1. The van der Waals surface area contributed by atoms with E-state index in [-0.39, 0.29) is 0 Å². The molecule has 0 aliphatic carbocycles. The van der Waals surface area contributed by atoms with Crippen LogP contribution in [-0.4, -0.2) is 15.0 Å². The summed E-state index contributed by atoms with van der Waals surface area (Å²) >= 11 is 8.12. The number of hydrogen-bond acceptors (Lipinski definition) is 4. The lowest BCUT2D eigenvalue weighted by Gasteiger charge is -2.11. The lowest BCUT2D eigenvalue weighted by atomic mass is 10.3. The van der Waals surface area contributed by atoms with Gasteiger partial charge in [0.1, 0.15) is 4.90 Å². The summed E-state index contributed by atoms with van der Waals surface area (Å²) < 4.78 is 29.2. The summed E-state index contributed by atoms with van der Waals surface area (Å²) in [4.78, 5) is 1.12. The van der Waals surface area contributed by atoms with E-state index in [0.717, 1.165) is 15.9 Å². The van der Waals surface area contributed by atoms with Crippen molar-refractivity contribution in [3.05, 3.63) is 43.5 Å². The van der Waals surface area contributed by atoms with E-state index in [2.05, 4.69) is 41.9 Å². The summed E-state index contributed by atoms with van der Waals surface area (Å²) in [6.45, 7) is 3.32. The zero-order valence-corrected chi connectivity index (χ0v) is 16.0. The minimum atomic E-state index is -3.60. The van der Waals surface area contributed by atoms with Crippen molar-refractivity contribution in [2.45, 2.75) is 18.4 Å². The van der Waals surface area contributed by atoms with Gasteiger partial charge in [-0.3, -0.25) is 4.72 Å². The van der Waals surface area contributed by atoms with Gasteiger partial charge in [0.25, 0.3) is 10.0 Å². The molecule has 2 aromatic rings. The van der Waals surface area contributed by atoms with E-state index in [9.17, 15) is 8.42 Å². The largest absolute Gasteiger partial charge is 0.312 e. The standard InChI is InChI=1S/C13H14Br2N2O2S2/c1-2-16-8-12-13(5-6-20-12)21(18,19)17-11-7-9(14)3-4-10(11)15/h3-7,16-17H,2,8H2,1H3. The smallest absolute Gasteiger partial charge is 0.263 e. The molecule has 0 atom stereocenters. The second-order valence-electron chi connectivity index (χ2n) is 4.22. The van der Waals surface area contributed by atoms with Crippen LogP contribution in [0.5, 0.6) is 0 Å². The molecule has 1 aromatic carbocycles. The van der Waals surface area contributed by atoms with E-state index in [0.29, 0.717) is 21.6 Å². The van der Waals surface area contributed by atoms with Crippen LogP contribution in [0.4, 0.5) is 5.69 Å². The number of halogens is 2. The Morgan fingerprint density at radius 1 is 1.24 bits per heavy atom. The molecule has 2 rings (SSSR count). The van der Waals surface area contributed by atoms with Crippen molar-refractivity contribution in [3.8, 4) is 0 Å². The van der Waals surface area contributed by atoms with Gasteiger partial charge in [0, 0.05) is 20.4 Å². The summed E-state index contributed by atoms with van der Waals surface area (Å²) in [5, 5.41) is 4.94. The SMILES string of the molecule is CCNCc1sccc1S(=O)(=O)Nc1cc(Br)ccc1Br. The summed E-state index contributed by atoms with van der Waals surface area (Å²) in [5.41, 5.74) is 0.505. The second-order valence-corrected chi connectivity index (χ2v) is 8.64. The summed E-state index contributed by atoms with van der Waals surface area (Å²) in [5.74, 6) is 0. The number of hydrogen-bond donors (Lipinski definition) is 2. The molecule has 114 valence electrons. The second kappa shape index (κ2) is 7.23. The first-order chi connectivity index (χ1) is 9.94. The molecule has 0 amide bonds. The molecule has 0 saturated carbocycles. The third kappa shape index (κ3) is 4.29. The van der Waals surface area contributed by atoms with Gasteiger partial charge in [0.2, 0.25) is 0 Å². The average Bonchev–Trinajstić information content (AvgIpc) is 2.89. The average molecular weight is 454 g/mol. The summed E-state index contributed by atoms with van der Waals surface area (Å²) in [7, 11) is -3.60. The third-order valence-electron chi connectivity index (χ3n) is 2.70. The van der Waals surface area contributed by atoms with Crippen LogP contribution in [0.15, 0.2) is 43.5 Å². The molecule has 1 aromatic heterocycles. The Bertz CT molecular complexity index is 730. The van der Waals surface area contributed by atoms with Crippen molar-refractivity contribution in [1.29, 1.82) is 0 Å². The first-order valence-corrected chi connectivity index (χ1v) is 10.1. The molecule has 0 saturated heterocycles. The molecular weight excluding hydrogens is 440 g/mol. The Labute approximate surface area is 145 Å². The van der Waals surface area contributed by atoms with Gasteiger partial charge >= 0.3 is 0 Å². The highest BCUT2D eigenvalue weighted by atomic mass is 79.9. The zero-order valence-electron chi connectivity index (χ0n) is 11.2. The predicted molar refractivity (Wildman–Crippen MR) is 94.4 cm³/mol. The molecule has 8 heteroatoms. The maximum absolute atomic E-state index is 12.5. The normalized spacial score (nSPS) is 11.6. The van der Waals surface area contributed by atoms with Crippen molar-refractivity contribution in [2.24, 2.45) is 0 Å². The lowest BCUT2D eigenvalue weighted by Crippen LogP contribution is -2.17. The van der Waals surface area contributed by atoms with E-state index in [4.69, 9.17) is 0 Å². The molecule has 21 heavy (non-hydrogen) atoms. The number of rotatable bonds is 6. The highest BCUT2D eigenvalue weighted by Crippen LogP contribution is 2.30. The van der Waals surface area contributed by atoms with Crippen molar-refractivity contribution >= 4 is 58.9 Å². The van der Waals surface area contributed by atoms with Crippen molar-refractivity contribution in [1.82, 2.24) is 5.32 Å². The number of anilines is 1. The fraction of sp³-hybridized carbons (Fsp3) is 0.231. The van der Waals surface area contributed by atoms with E-state index in [1.807, 2.05) is 13.0 Å². The van der Waals surface area contributed by atoms with Crippen LogP contribution in [0.1, 0.15) is 11.8 Å². The van der Waals surface area contributed by atoms with Crippen molar-refractivity contribution in [2.75, 3.05) is 11.3 Å². The maximum Gasteiger partial charge on any atom is 0.263 e. The van der Waals surface area contributed by atoms with E-state index < -0.39 is 10.0 Å². The summed E-state index contributed by atoms with van der Waals surface area (Å²) in [6, 6.07) is 6.97. The zero-order chi connectivity index (χ0) is 15.5. The van der Waals surface area contributed by atoms with Gasteiger partial charge in [0.05, 0.1) is 5.69 Å². The van der Waals surface area contributed by atoms with E-state index >= 15 is 0 Å². The minimum absolute atomic E-state index is 0.320. The number of benzene rings is 1. The fourth-order valence-corrected chi connectivity index (χ4v) is 5.03. The first-order valence-electron chi connectivity index (χ1n) is 6.19. The van der Waals surface area contributed by atoms with Crippen LogP contribution in [0.2, 0.25) is 0 Å². The Balaban J connectivity index is 2.30. The van der Waals surface area contributed by atoms with Gasteiger partial charge < -0.3 is 5.32 Å². The van der Waals surface area contributed by atoms with Gasteiger partial charge in [-0.15, -0.1) is 11.3 Å². The fourth-order valence-electron chi connectivity index (χ4n) is 1.71. The molecule has 1 heterocycles. The molecule has 4 nitrogen and oxygen atoms in total.